The Morgan fingerprint density at radius 3 is 2.95 bits per heavy atom. The predicted molar refractivity (Wildman–Crippen MR) is 77.6 cm³/mol. The maximum Gasteiger partial charge on any atom is 0.253 e. The van der Waals surface area contributed by atoms with E-state index in [-0.39, 0.29) is 5.56 Å². The molecule has 2 heterocycles. The molecule has 0 aromatic carbocycles. The molecule has 2 aromatic rings. The van der Waals surface area contributed by atoms with Gasteiger partial charge in [-0.15, -0.1) is 0 Å². The van der Waals surface area contributed by atoms with Crippen LogP contribution in [0.2, 0.25) is 0 Å². The predicted octanol–water partition coefficient (Wildman–Crippen LogP) is 2.42. The number of rotatable bonds is 5. The lowest BCUT2D eigenvalue weighted by molar-refractivity contribution is 0.749. The van der Waals surface area contributed by atoms with Gasteiger partial charge < -0.3 is 9.88 Å². The van der Waals surface area contributed by atoms with Crippen LogP contribution in [0.4, 0.5) is 5.82 Å². The van der Waals surface area contributed by atoms with E-state index in [9.17, 15) is 4.79 Å². The zero-order valence-corrected chi connectivity index (χ0v) is 11.4. The van der Waals surface area contributed by atoms with Crippen molar-refractivity contribution in [1.82, 2.24) is 9.55 Å². The molecule has 0 fully saturated rings. The van der Waals surface area contributed by atoms with Crippen molar-refractivity contribution in [2.24, 2.45) is 0 Å². The Morgan fingerprint density at radius 2 is 2.16 bits per heavy atom. The summed E-state index contributed by atoms with van der Waals surface area (Å²) in [5, 5.41) is 3.29. The lowest BCUT2D eigenvalue weighted by Gasteiger charge is -2.12. The van der Waals surface area contributed by atoms with Crippen molar-refractivity contribution < 1.29 is 0 Å². The monoisotopic (exact) mass is 257 g/mol. The quantitative estimate of drug-likeness (QED) is 0.894. The van der Waals surface area contributed by atoms with Gasteiger partial charge >= 0.3 is 0 Å². The van der Waals surface area contributed by atoms with E-state index in [0.717, 1.165) is 29.9 Å². The summed E-state index contributed by atoms with van der Waals surface area (Å²) in [5.74, 6) is 0.859. The van der Waals surface area contributed by atoms with Gasteiger partial charge in [0.05, 0.1) is 6.54 Å². The summed E-state index contributed by atoms with van der Waals surface area (Å²) in [6, 6.07) is 7.62. The Kier molecular flexibility index (Phi) is 4.34. The van der Waals surface area contributed by atoms with Gasteiger partial charge in [-0.3, -0.25) is 4.79 Å². The summed E-state index contributed by atoms with van der Waals surface area (Å²) in [6.45, 7) is 5.37. The first kappa shape index (κ1) is 13.3. The first-order valence-electron chi connectivity index (χ1n) is 6.56. The molecule has 0 saturated carbocycles. The highest BCUT2D eigenvalue weighted by Crippen LogP contribution is 2.12. The standard InChI is InChI=1S/C15H19N3O/c1-3-8-16-14-13(7-4-9-17-14)11-18-10-5-6-12(2)15(18)19/h4-7,9-10H,3,8,11H2,1-2H3,(H,16,17). The lowest BCUT2D eigenvalue weighted by Crippen LogP contribution is -2.22. The topological polar surface area (TPSA) is 46.9 Å². The second-order valence-electron chi connectivity index (χ2n) is 4.56. The molecular formula is C15H19N3O. The maximum absolute atomic E-state index is 12.0. The second-order valence-corrected chi connectivity index (χ2v) is 4.56. The van der Waals surface area contributed by atoms with Crippen LogP contribution >= 0.6 is 0 Å². The Balaban J connectivity index is 2.28. The Bertz CT molecular complexity index is 604. The summed E-state index contributed by atoms with van der Waals surface area (Å²) >= 11 is 0. The molecule has 0 aliphatic carbocycles. The molecule has 4 heteroatoms. The van der Waals surface area contributed by atoms with E-state index in [1.807, 2.05) is 37.4 Å². The highest BCUT2D eigenvalue weighted by molar-refractivity contribution is 5.43. The minimum Gasteiger partial charge on any atom is -0.370 e. The number of hydrogen-bond acceptors (Lipinski definition) is 3. The molecule has 100 valence electrons. The molecule has 0 saturated heterocycles. The maximum atomic E-state index is 12.0. The fourth-order valence-electron chi connectivity index (χ4n) is 1.93. The number of aryl methyl sites for hydroxylation is 1. The van der Waals surface area contributed by atoms with E-state index in [4.69, 9.17) is 0 Å². The van der Waals surface area contributed by atoms with Gasteiger partial charge in [-0.05, 0) is 25.5 Å². The van der Waals surface area contributed by atoms with E-state index >= 15 is 0 Å². The average Bonchev–Trinajstić information content (AvgIpc) is 2.43. The van der Waals surface area contributed by atoms with Gasteiger partial charge in [-0.2, -0.15) is 0 Å². The van der Waals surface area contributed by atoms with Crippen LogP contribution in [0.15, 0.2) is 41.5 Å². The third-order valence-electron chi connectivity index (χ3n) is 2.98. The first-order chi connectivity index (χ1) is 9.22. The summed E-state index contributed by atoms with van der Waals surface area (Å²) in [6.07, 6.45) is 4.62. The van der Waals surface area contributed by atoms with E-state index in [0.29, 0.717) is 6.54 Å². The van der Waals surface area contributed by atoms with E-state index in [2.05, 4.69) is 17.2 Å². The molecule has 1 N–H and O–H groups in total. The zero-order chi connectivity index (χ0) is 13.7. The first-order valence-corrected chi connectivity index (χ1v) is 6.56. The Hall–Kier alpha value is -2.10. The van der Waals surface area contributed by atoms with Crippen LogP contribution in [-0.2, 0) is 6.54 Å². The van der Waals surface area contributed by atoms with Crippen molar-refractivity contribution in [3.63, 3.8) is 0 Å². The third kappa shape index (κ3) is 3.22. The summed E-state index contributed by atoms with van der Waals surface area (Å²) in [7, 11) is 0. The largest absolute Gasteiger partial charge is 0.370 e. The van der Waals surface area contributed by atoms with Crippen LogP contribution < -0.4 is 10.9 Å². The van der Waals surface area contributed by atoms with Gasteiger partial charge in [-0.25, -0.2) is 4.98 Å². The van der Waals surface area contributed by atoms with Gasteiger partial charge in [0.25, 0.3) is 5.56 Å². The summed E-state index contributed by atoms with van der Waals surface area (Å²) in [4.78, 5) is 16.4. The molecule has 0 amide bonds. The molecule has 2 rings (SSSR count). The smallest absolute Gasteiger partial charge is 0.253 e. The normalized spacial score (nSPS) is 10.4. The number of anilines is 1. The summed E-state index contributed by atoms with van der Waals surface area (Å²) in [5.41, 5.74) is 1.84. The third-order valence-corrected chi connectivity index (χ3v) is 2.98. The molecule has 0 bridgehead atoms. The number of pyridine rings is 2. The van der Waals surface area contributed by atoms with Gasteiger partial charge in [0.1, 0.15) is 5.82 Å². The Morgan fingerprint density at radius 1 is 1.32 bits per heavy atom. The molecule has 2 aromatic heterocycles. The number of hydrogen-bond donors (Lipinski definition) is 1. The molecular weight excluding hydrogens is 238 g/mol. The van der Waals surface area contributed by atoms with Crippen molar-refractivity contribution in [1.29, 1.82) is 0 Å². The lowest BCUT2D eigenvalue weighted by atomic mass is 10.2. The van der Waals surface area contributed by atoms with Crippen LogP contribution in [0.3, 0.4) is 0 Å². The van der Waals surface area contributed by atoms with E-state index in [1.165, 1.54) is 0 Å². The SMILES string of the molecule is CCCNc1ncccc1Cn1cccc(C)c1=O. The minimum absolute atomic E-state index is 0.0489. The Labute approximate surface area is 113 Å². The molecule has 0 radical (unpaired) electrons. The molecule has 0 aliphatic heterocycles. The van der Waals surface area contributed by atoms with Gasteiger partial charge in [-0.1, -0.05) is 19.1 Å². The van der Waals surface area contributed by atoms with Crippen LogP contribution in [0.1, 0.15) is 24.5 Å². The minimum atomic E-state index is 0.0489. The fourth-order valence-corrected chi connectivity index (χ4v) is 1.93. The average molecular weight is 257 g/mol. The van der Waals surface area contributed by atoms with Crippen LogP contribution in [0.25, 0.3) is 0 Å². The fraction of sp³-hybridized carbons (Fsp3) is 0.333. The van der Waals surface area contributed by atoms with E-state index in [1.54, 1.807) is 10.8 Å². The molecule has 0 aliphatic rings. The second kappa shape index (κ2) is 6.18. The van der Waals surface area contributed by atoms with Crippen LogP contribution in [-0.4, -0.2) is 16.1 Å². The zero-order valence-electron chi connectivity index (χ0n) is 11.4. The molecule has 4 nitrogen and oxygen atoms in total. The van der Waals surface area contributed by atoms with Crippen LogP contribution in [0.5, 0.6) is 0 Å². The highest BCUT2D eigenvalue weighted by Gasteiger charge is 2.05. The van der Waals surface area contributed by atoms with Crippen LogP contribution in [0, 0.1) is 6.92 Å². The van der Waals surface area contributed by atoms with Crippen molar-refractivity contribution in [2.75, 3.05) is 11.9 Å². The summed E-state index contributed by atoms with van der Waals surface area (Å²) < 4.78 is 1.71. The molecule has 0 spiro atoms. The van der Waals surface area contributed by atoms with Crippen molar-refractivity contribution in [2.45, 2.75) is 26.8 Å². The molecule has 0 atom stereocenters. The van der Waals surface area contributed by atoms with E-state index < -0.39 is 0 Å². The van der Waals surface area contributed by atoms with Gasteiger partial charge in [0.2, 0.25) is 0 Å². The highest BCUT2D eigenvalue weighted by atomic mass is 16.1. The molecule has 0 unspecified atom stereocenters. The number of nitrogens with one attached hydrogen (secondary N) is 1. The van der Waals surface area contributed by atoms with Crippen molar-refractivity contribution >= 4 is 5.82 Å². The van der Waals surface area contributed by atoms with Crippen molar-refractivity contribution in [3.05, 3.63) is 58.1 Å². The molecule has 19 heavy (non-hydrogen) atoms. The van der Waals surface area contributed by atoms with Gasteiger partial charge in [0.15, 0.2) is 0 Å². The van der Waals surface area contributed by atoms with Gasteiger partial charge in [0, 0.05) is 30.1 Å². The van der Waals surface area contributed by atoms with Crippen molar-refractivity contribution in [3.8, 4) is 0 Å². The number of aromatic nitrogens is 2. The number of nitrogens with zero attached hydrogens (tertiary/aromatic N) is 2.